The zero-order chi connectivity index (χ0) is 11.0. The summed E-state index contributed by atoms with van der Waals surface area (Å²) in [6.45, 7) is 3.42. The molecule has 1 aromatic rings. The Kier molecular flexibility index (Phi) is 2.40. The summed E-state index contributed by atoms with van der Waals surface area (Å²) >= 11 is 0. The molecule has 2 fully saturated rings. The van der Waals surface area contributed by atoms with E-state index in [0.29, 0.717) is 12.5 Å². The fourth-order valence-corrected chi connectivity index (χ4v) is 2.66. The Morgan fingerprint density at radius 3 is 2.81 bits per heavy atom. The number of nitrogens with zero attached hydrogens (tertiary/aromatic N) is 1. The van der Waals surface area contributed by atoms with Gasteiger partial charge in [0.05, 0.1) is 12.5 Å². The highest BCUT2D eigenvalue weighted by molar-refractivity contribution is 5.75. The number of ether oxygens (including phenoxy) is 1. The molecule has 2 aliphatic heterocycles. The number of esters is 1. The van der Waals surface area contributed by atoms with E-state index in [9.17, 15) is 4.79 Å². The van der Waals surface area contributed by atoms with Gasteiger partial charge in [-0.15, -0.1) is 0 Å². The Hall–Kier alpha value is -1.35. The molecule has 0 aromatic heterocycles. The van der Waals surface area contributed by atoms with Crippen LogP contribution in [-0.4, -0.2) is 30.6 Å². The van der Waals surface area contributed by atoms with E-state index in [0.717, 1.165) is 19.6 Å². The lowest BCUT2D eigenvalue weighted by atomic mass is 10.0. The maximum absolute atomic E-state index is 11.4. The van der Waals surface area contributed by atoms with Crippen molar-refractivity contribution in [3.8, 4) is 0 Å². The molecule has 0 N–H and O–H groups in total. The summed E-state index contributed by atoms with van der Waals surface area (Å²) in [5.41, 5.74) is 1.32. The molecule has 0 amide bonds. The number of carbonyl (C=O) groups excluding carboxylic acids is 1. The minimum atomic E-state index is 0.000520. The fraction of sp³-hybridized carbons (Fsp3) is 0.462. The Labute approximate surface area is 95.0 Å². The van der Waals surface area contributed by atoms with Crippen molar-refractivity contribution < 1.29 is 9.53 Å². The molecule has 3 nitrogen and oxygen atoms in total. The molecule has 0 radical (unpaired) electrons. The van der Waals surface area contributed by atoms with Crippen molar-refractivity contribution in [2.75, 3.05) is 19.7 Å². The standard InChI is InChI=1S/C13H15NO2/c15-13-12-8-14(7-11(12)9-16-13)6-10-4-2-1-3-5-10/h1-5,11-12H,6-9H2/t11-,12+/m0/s1. The lowest BCUT2D eigenvalue weighted by Gasteiger charge is -2.16. The van der Waals surface area contributed by atoms with E-state index in [1.54, 1.807) is 0 Å². The molecular formula is C13H15NO2. The summed E-state index contributed by atoms with van der Waals surface area (Å²) in [5, 5.41) is 0. The molecular weight excluding hydrogens is 202 g/mol. The van der Waals surface area contributed by atoms with Gasteiger partial charge in [-0.1, -0.05) is 30.3 Å². The van der Waals surface area contributed by atoms with Gasteiger partial charge in [-0.2, -0.15) is 0 Å². The lowest BCUT2D eigenvalue weighted by Crippen LogP contribution is -2.23. The minimum Gasteiger partial charge on any atom is -0.465 e. The average Bonchev–Trinajstić information content (AvgIpc) is 2.83. The minimum absolute atomic E-state index is 0.000520. The molecule has 2 aliphatic rings. The second-order valence-corrected chi connectivity index (χ2v) is 4.68. The monoisotopic (exact) mass is 217 g/mol. The average molecular weight is 217 g/mol. The molecule has 0 saturated carbocycles. The van der Waals surface area contributed by atoms with Crippen LogP contribution >= 0.6 is 0 Å². The van der Waals surface area contributed by atoms with Gasteiger partial charge in [0.25, 0.3) is 0 Å². The summed E-state index contributed by atoms with van der Waals surface area (Å²) in [6, 6.07) is 10.4. The van der Waals surface area contributed by atoms with Crippen LogP contribution in [0.15, 0.2) is 30.3 Å². The third-order valence-electron chi connectivity index (χ3n) is 3.51. The molecule has 1 aromatic carbocycles. The van der Waals surface area contributed by atoms with Gasteiger partial charge in [0, 0.05) is 25.6 Å². The Morgan fingerprint density at radius 2 is 2.06 bits per heavy atom. The quantitative estimate of drug-likeness (QED) is 0.699. The Balaban J connectivity index is 1.65. The van der Waals surface area contributed by atoms with Gasteiger partial charge in [0.1, 0.15) is 0 Å². The van der Waals surface area contributed by atoms with Crippen molar-refractivity contribution >= 4 is 5.97 Å². The normalized spacial score (nSPS) is 29.1. The molecule has 84 valence electrons. The zero-order valence-electron chi connectivity index (χ0n) is 9.13. The van der Waals surface area contributed by atoms with Gasteiger partial charge in [0.2, 0.25) is 0 Å². The summed E-state index contributed by atoms with van der Waals surface area (Å²) in [6.07, 6.45) is 0. The van der Waals surface area contributed by atoms with Crippen molar-refractivity contribution in [3.63, 3.8) is 0 Å². The number of carbonyl (C=O) groups is 1. The zero-order valence-corrected chi connectivity index (χ0v) is 9.13. The molecule has 16 heavy (non-hydrogen) atoms. The van der Waals surface area contributed by atoms with Crippen molar-refractivity contribution in [3.05, 3.63) is 35.9 Å². The van der Waals surface area contributed by atoms with E-state index >= 15 is 0 Å². The summed E-state index contributed by atoms with van der Waals surface area (Å²) < 4.78 is 5.05. The molecule has 0 spiro atoms. The van der Waals surface area contributed by atoms with Gasteiger partial charge in [-0.3, -0.25) is 9.69 Å². The first-order chi connectivity index (χ1) is 7.83. The summed E-state index contributed by atoms with van der Waals surface area (Å²) in [7, 11) is 0. The molecule has 0 bridgehead atoms. The largest absolute Gasteiger partial charge is 0.465 e. The van der Waals surface area contributed by atoms with Gasteiger partial charge in [0.15, 0.2) is 0 Å². The van der Waals surface area contributed by atoms with Crippen molar-refractivity contribution in [1.29, 1.82) is 0 Å². The molecule has 2 saturated heterocycles. The number of rotatable bonds is 2. The fourth-order valence-electron chi connectivity index (χ4n) is 2.66. The van der Waals surface area contributed by atoms with Crippen molar-refractivity contribution in [1.82, 2.24) is 4.90 Å². The smallest absolute Gasteiger partial charge is 0.310 e. The maximum atomic E-state index is 11.4. The summed E-state index contributed by atoms with van der Waals surface area (Å²) in [4.78, 5) is 13.8. The van der Waals surface area contributed by atoms with E-state index in [-0.39, 0.29) is 11.9 Å². The van der Waals surface area contributed by atoms with Crippen LogP contribution in [0.2, 0.25) is 0 Å². The van der Waals surface area contributed by atoms with Crippen molar-refractivity contribution in [2.45, 2.75) is 6.54 Å². The van der Waals surface area contributed by atoms with Crippen LogP contribution in [0.1, 0.15) is 5.56 Å². The maximum Gasteiger partial charge on any atom is 0.310 e. The molecule has 3 rings (SSSR count). The van der Waals surface area contributed by atoms with Gasteiger partial charge >= 0.3 is 5.97 Å². The Bertz CT molecular complexity index is 390. The Morgan fingerprint density at radius 1 is 1.25 bits per heavy atom. The highest BCUT2D eigenvalue weighted by Crippen LogP contribution is 2.30. The van der Waals surface area contributed by atoms with Crippen LogP contribution in [0.4, 0.5) is 0 Å². The summed E-state index contributed by atoms with van der Waals surface area (Å²) in [5.74, 6) is 0.556. The van der Waals surface area contributed by atoms with E-state index in [4.69, 9.17) is 4.74 Å². The topological polar surface area (TPSA) is 29.5 Å². The van der Waals surface area contributed by atoms with Crippen LogP contribution in [0, 0.1) is 11.8 Å². The number of cyclic esters (lactones) is 1. The third-order valence-corrected chi connectivity index (χ3v) is 3.51. The van der Waals surface area contributed by atoms with Gasteiger partial charge in [-0.05, 0) is 5.56 Å². The molecule has 0 unspecified atom stereocenters. The molecule has 2 heterocycles. The predicted octanol–water partition coefficient (Wildman–Crippen LogP) is 1.29. The van der Waals surface area contributed by atoms with E-state index < -0.39 is 0 Å². The number of likely N-dealkylation sites (tertiary alicyclic amines) is 1. The second-order valence-electron chi connectivity index (χ2n) is 4.68. The van der Waals surface area contributed by atoms with Crippen LogP contribution in [0.5, 0.6) is 0 Å². The van der Waals surface area contributed by atoms with Crippen molar-refractivity contribution in [2.24, 2.45) is 11.8 Å². The number of fused-ring (bicyclic) bond motifs is 1. The molecule has 3 heteroatoms. The van der Waals surface area contributed by atoms with Crippen LogP contribution in [0.3, 0.4) is 0 Å². The van der Waals surface area contributed by atoms with E-state index in [1.165, 1.54) is 5.56 Å². The third kappa shape index (κ3) is 1.71. The van der Waals surface area contributed by atoms with Gasteiger partial charge in [-0.25, -0.2) is 0 Å². The first-order valence-corrected chi connectivity index (χ1v) is 5.76. The highest BCUT2D eigenvalue weighted by Gasteiger charge is 2.43. The van der Waals surface area contributed by atoms with Crippen LogP contribution < -0.4 is 0 Å². The van der Waals surface area contributed by atoms with Gasteiger partial charge < -0.3 is 4.74 Å². The SMILES string of the molecule is O=C1OC[C@@H]2CN(Cc3ccccc3)C[C@@H]12. The lowest BCUT2D eigenvalue weighted by molar-refractivity contribution is -0.141. The van der Waals surface area contributed by atoms with E-state index in [2.05, 4.69) is 29.2 Å². The number of hydrogen-bond acceptors (Lipinski definition) is 3. The first kappa shape index (κ1) is 9.85. The molecule has 0 aliphatic carbocycles. The van der Waals surface area contributed by atoms with Crippen LogP contribution in [-0.2, 0) is 16.1 Å². The number of benzene rings is 1. The predicted molar refractivity (Wildman–Crippen MR) is 59.7 cm³/mol. The highest BCUT2D eigenvalue weighted by atomic mass is 16.5. The molecule has 2 atom stereocenters. The second kappa shape index (κ2) is 3.91. The number of hydrogen-bond donors (Lipinski definition) is 0. The van der Waals surface area contributed by atoms with E-state index in [1.807, 2.05) is 6.07 Å². The van der Waals surface area contributed by atoms with Crippen LogP contribution in [0.25, 0.3) is 0 Å². The first-order valence-electron chi connectivity index (χ1n) is 5.76.